The molecule has 0 amide bonds. The lowest BCUT2D eigenvalue weighted by Crippen LogP contribution is -2.25. The average molecular weight is 223 g/mol. The van der Waals surface area contributed by atoms with Crippen molar-refractivity contribution in [2.24, 2.45) is 5.73 Å². The molecule has 0 saturated carbocycles. The van der Waals surface area contributed by atoms with Crippen molar-refractivity contribution < 1.29 is 5.11 Å². The largest absolute Gasteiger partial charge is 0.393 e. The van der Waals surface area contributed by atoms with Gasteiger partial charge in [0, 0.05) is 31.4 Å². The Bertz CT molecular complexity index is 326. The highest BCUT2D eigenvalue weighted by molar-refractivity contribution is 5.47. The molecule has 3 N–H and O–H groups in total. The molecule has 1 aromatic heterocycles. The summed E-state index contributed by atoms with van der Waals surface area (Å²) in [4.78, 5) is 6.38. The fourth-order valence-electron chi connectivity index (χ4n) is 1.57. The standard InChI is InChI=1S/C12H21N3O/c1-9(16)6-8-15(3)12-11(10(2)13)5-4-7-14-12/h4-5,7,9-10,16H,6,8,13H2,1-3H3/t9?,10-/m0/s1. The molecule has 2 atom stereocenters. The van der Waals surface area contributed by atoms with E-state index in [1.54, 1.807) is 13.1 Å². The van der Waals surface area contributed by atoms with Gasteiger partial charge in [-0.3, -0.25) is 0 Å². The number of nitrogens with zero attached hydrogens (tertiary/aromatic N) is 2. The predicted molar refractivity (Wildman–Crippen MR) is 66.4 cm³/mol. The molecule has 1 heterocycles. The first kappa shape index (κ1) is 12.9. The van der Waals surface area contributed by atoms with Crippen LogP contribution < -0.4 is 10.6 Å². The summed E-state index contributed by atoms with van der Waals surface area (Å²) < 4.78 is 0. The molecule has 4 heteroatoms. The van der Waals surface area contributed by atoms with E-state index < -0.39 is 0 Å². The Morgan fingerprint density at radius 3 is 2.75 bits per heavy atom. The molecule has 4 nitrogen and oxygen atoms in total. The summed E-state index contributed by atoms with van der Waals surface area (Å²) in [6.45, 7) is 4.51. The molecule has 1 unspecified atom stereocenters. The number of anilines is 1. The number of pyridine rings is 1. The lowest BCUT2D eigenvalue weighted by molar-refractivity contribution is 0.187. The fourth-order valence-corrected chi connectivity index (χ4v) is 1.57. The monoisotopic (exact) mass is 223 g/mol. The van der Waals surface area contributed by atoms with Gasteiger partial charge in [0.1, 0.15) is 5.82 Å². The van der Waals surface area contributed by atoms with E-state index in [-0.39, 0.29) is 12.1 Å². The third-order valence-electron chi connectivity index (χ3n) is 2.55. The minimum atomic E-state index is -0.287. The van der Waals surface area contributed by atoms with Crippen LogP contribution in [0.3, 0.4) is 0 Å². The van der Waals surface area contributed by atoms with Crippen LogP contribution in [0.15, 0.2) is 18.3 Å². The molecule has 0 fully saturated rings. The Labute approximate surface area is 97.1 Å². The molecule has 90 valence electrons. The smallest absolute Gasteiger partial charge is 0.133 e. The van der Waals surface area contributed by atoms with Gasteiger partial charge in [-0.2, -0.15) is 0 Å². The lowest BCUT2D eigenvalue weighted by atomic mass is 10.1. The van der Waals surface area contributed by atoms with Gasteiger partial charge >= 0.3 is 0 Å². The molecule has 0 radical (unpaired) electrons. The van der Waals surface area contributed by atoms with Crippen LogP contribution in [0.1, 0.15) is 31.9 Å². The van der Waals surface area contributed by atoms with Crippen LogP contribution in [0.25, 0.3) is 0 Å². The van der Waals surface area contributed by atoms with Gasteiger partial charge < -0.3 is 15.7 Å². The van der Waals surface area contributed by atoms with Crippen molar-refractivity contribution >= 4 is 5.82 Å². The van der Waals surface area contributed by atoms with Gasteiger partial charge in [-0.1, -0.05) is 6.07 Å². The number of hydrogen-bond donors (Lipinski definition) is 2. The van der Waals surface area contributed by atoms with E-state index in [0.717, 1.165) is 24.3 Å². The molecule has 0 saturated heterocycles. The third kappa shape index (κ3) is 3.47. The third-order valence-corrected chi connectivity index (χ3v) is 2.55. The molecule has 0 aliphatic rings. The zero-order valence-corrected chi connectivity index (χ0v) is 10.2. The summed E-state index contributed by atoms with van der Waals surface area (Å²) in [5.74, 6) is 0.901. The van der Waals surface area contributed by atoms with E-state index in [4.69, 9.17) is 5.73 Å². The number of rotatable bonds is 5. The molecular formula is C12H21N3O. The van der Waals surface area contributed by atoms with Crippen LogP contribution in [0.2, 0.25) is 0 Å². The van der Waals surface area contributed by atoms with Gasteiger partial charge in [-0.05, 0) is 26.3 Å². The van der Waals surface area contributed by atoms with Crippen molar-refractivity contribution in [3.8, 4) is 0 Å². The molecular weight excluding hydrogens is 202 g/mol. The summed E-state index contributed by atoms with van der Waals surface area (Å²) >= 11 is 0. The zero-order chi connectivity index (χ0) is 12.1. The average Bonchev–Trinajstić information content (AvgIpc) is 2.25. The van der Waals surface area contributed by atoms with E-state index in [9.17, 15) is 5.11 Å². The molecule has 0 aliphatic heterocycles. The zero-order valence-electron chi connectivity index (χ0n) is 10.2. The molecule has 1 rings (SSSR count). The molecule has 0 bridgehead atoms. The number of aliphatic hydroxyl groups excluding tert-OH is 1. The second kappa shape index (κ2) is 5.82. The van der Waals surface area contributed by atoms with Crippen molar-refractivity contribution in [3.63, 3.8) is 0 Å². The minimum Gasteiger partial charge on any atom is -0.393 e. The summed E-state index contributed by atoms with van der Waals surface area (Å²) in [7, 11) is 1.97. The highest BCUT2D eigenvalue weighted by atomic mass is 16.3. The van der Waals surface area contributed by atoms with Crippen molar-refractivity contribution in [3.05, 3.63) is 23.9 Å². The first-order valence-corrected chi connectivity index (χ1v) is 5.62. The number of nitrogens with two attached hydrogens (primary N) is 1. The van der Waals surface area contributed by atoms with E-state index in [2.05, 4.69) is 4.98 Å². The van der Waals surface area contributed by atoms with Crippen molar-refractivity contribution in [2.75, 3.05) is 18.5 Å². The van der Waals surface area contributed by atoms with Gasteiger partial charge in [-0.15, -0.1) is 0 Å². The predicted octanol–water partition coefficient (Wildman–Crippen LogP) is 1.31. The molecule has 0 aliphatic carbocycles. The highest BCUT2D eigenvalue weighted by Crippen LogP contribution is 2.21. The topological polar surface area (TPSA) is 62.4 Å². The van der Waals surface area contributed by atoms with Gasteiger partial charge in [0.15, 0.2) is 0 Å². The number of aromatic nitrogens is 1. The second-order valence-corrected chi connectivity index (χ2v) is 4.26. The Kier molecular flexibility index (Phi) is 4.71. The summed E-state index contributed by atoms with van der Waals surface area (Å²) in [6.07, 6.45) is 2.20. The van der Waals surface area contributed by atoms with Crippen LogP contribution >= 0.6 is 0 Å². The maximum atomic E-state index is 9.25. The fraction of sp³-hybridized carbons (Fsp3) is 0.583. The minimum absolute atomic E-state index is 0.0299. The van der Waals surface area contributed by atoms with Gasteiger partial charge in [-0.25, -0.2) is 4.98 Å². The van der Waals surface area contributed by atoms with Gasteiger partial charge in [0.25, 0.3) is 0 Å². The number of hydrogen-bond acceptors (Lipinski definition) is 4. The maximum Gasteiger partial charge on any atom is 0.133 e. The normalized spacial score (nSPS) is 14.6. The van der Waals surface area contributed by atoms with Crippen molar-refractivity contribution in [1.29, 1.82) is 0 Å². The molecule has 1 aromatic rings. The number of aliphatic hydroxyl groups is 1. The quantitative estimate of drug-likeness (QED) is 0.790. The first-order valence-electron chi connectivity index (χ1n) is 5.62. The Balaban J connectivity index is 2.77. The van der Waals surface area contributed by atoms with Gasteiger partial charge in [0.2, 0.25) is 0 Å². The summed E-state index contributed by atoms with van der Waals surface area (Å²) in [5, 5.41) is 9.25. The Morgan fingerprint density at radius 1 is 1.50 bits per heavy atom. The van der Waals surface area contributed by atoms with Crippen molar-refractivity contribution in [1.82, 2.24) is 4.98 Å². The second-order valence-electron chi connectivity index (χ2n) is 4.26. The highest BCUT2D eigenvalue weighted by Gasteiger charge is 2.11. The first-order chi connectivity index (χ1) is 7.52. The summed E-state index contributed by atoms with van der Waals surface area (Å²) in [6, 6.07) is 3.86. The van der Waals surface area contributed by atoms with E-state index in [0.29, 0.717) is 0 Å². The van der Waals surface area contributed by atoms with E-state index in [1.165, 1.54) is 0 Å². The lowest BCUT2D eigenvalue weighted by Gasteiger charge is -2.22. The molecule has 0 spiro atoms. The van der Waals surface area contributed by atoms with Crippen LogP contribution in [0.4, 0.5) is 5.82 Å². The van der Waals surface area contributed by atoms with Crippen LogP contribution in [-0.2, 0) is 0 Å². The van der Waals surface area contributed by atoms with E-state index >= 15 is 0 Å². The Morgan fingerprint density at radius 2 is 2.19 bits per heavy atom. The van der Waals surface area contributed by atoms with Crippen molar-refractivity contribution in [2.45, 2.75) is 32.4 Å². The molecule has 16 heavy (non-hydrogen) atoms. The Hall–Kier alpha value is -1.13. The SMILES string of the molecule is CC(O)CCN(C)c1ncccc1[C@H](C)N. The maximum absolute atomic E-state index is 9.25. The van der Waals surface area contributed by atoms with Crippen LogP contribution in [0.5, 0.6) is 0 Å². The van der Waals surface area contributed by atoms with Crippen LogP contribution in [0, 0.1) is 0 Å². The summed E-state index contributed by atoms with van der Waals surface area (Å²) in [5.41, 5.74) is 6.93. The van der Waals surface area contributed by atoms with Crippen LogP contribution in [-0.4, -0.2) is 29.8 Å². The molecule has 0 aromatic carbocycles. The van der Waals surface area contributed by atoms with Gasteiger partial charge in [0.05, 0.1) is 6.10 Å². The van der Waals surface area contributed by atoms with E-state index in [1.807, 2.05) is 31.0 Å².